The fraction of sp³-hybridized carbons (Fsp3) is 0.923. The minimum atomic E-state index is -0.332. The molecule has 2 N–H and O–H groups in total. The number of unbranched alkanes of at least 4 members (excludes halogenated alkanes) is 1. The number of piperidine rings is 1. The number of carbonyl (C=O) groups excluding carboxylic acids is 1. The van der Waals surface area contributed by atoms with Crippen LogP contribution in [0.3, 0.4) is 0 Å². The van der Waals surface area contributed by atoms with Gasteiger partial charge in [0.05, 0.1) is 12.0 Å². The predicted octanol–water partition coefficient (Wildman–Crippen LogP) is 0.545. The molecule has 0 aromatic rings. The molecule has 0 saturated carbocycles. The van der Waals surface area contributed by atoms with Gasteiger partial charge in [-0.2, -0.15) is 0 Å². The fourth-order valence-corrected chi connectivity index (χ4v) is 2.38. The summed E-state index contributed by atoms with van der Waals surface area (Å²) in [6.45, 7) is 3.77. The first-order chi connectivity index (χ1) is 8.75. The zero-order chi connectivity index (χ0) is 13.3. The molecule has 1 amide bonds. The Bertz CT molecular complexity index is 235. The Morgan fingerprint density at radius 3 is 2.56 bits per heavy atom. The van der Waals surface area contributed by atoms with Crippen LogP contribution < -0.4 is 10.6 Å². The summed E-state index contributed by atoms with van der Waals surface area (Å²) in [6, 6.07) is 0. The van der Waals surface area contributed by atoms with E-state index in [0.717, 1.165) is 51.9 Å². The molecule has 0 bridgehead atoms. The molecule has 5 nitrogen and oxygen atoms in total. The van der Waals surface area contributed by atoms with E-state index in [1.54, 1.807) is 14.2 Å². The number of hydrogen-bond donors (Lipinski definition) is 2. The highest BCUT2D eigenvalue weighted by molar-refractivity contribution is 5.82. The summed E-state index contributed by atoms with van der Waals surface area (Å²) in [7, 11) is 3.36. The fourth-order valence-electron chi connectivity index (χ4n) is 2.38. The first-order valence-electron chi connectivity index (χ1n) is 6.72. The van der Waals surface area contributed by atoms with E-state index in [1.165, 1.54) is 0 Å². The van der Waals surface area contributed by atoms with Crippen LogP contribution >= 0.6 is 0 Å². The molecule has 0 unspecified atom stereocenters. The molecule has 1 saturated heterocycles. The topological polar surface area (TPSA) is 59.6 Å². The summed E-state index contributed by atoms with van der Waals surface area (Å²) < 4.78 is 10.2. The van der Waals surface area contributed by atoms with Crippen molar-refractivity contribution in [3.05, 3.63) is 0 Å². The molecule has 0 aliphatic carbocycles. The van der Waals surface area contributed by atoms with Gasteiger partial charge in [-0.3, -0.25) is 4.79 Å². The highest BCUT2D eigenvalue weighted by Crippen LogP contribution is 2.29. The lowest BCUT2D eigenvalue weighted by molar-refractivity contribution is -0.136. The monoisotopic (exact) mass is 258 g/mol. The average Bonchev–Trinajstić information content (AvgIpc) is 2.39. The average molecular weight is 258 g/mol. The Kier molecular flexibility index (Phi) is 7.23. The molecule has 0 spiro atoms. The minimum absolute atomic E-state index is 0.142. The molecule has 106 valence electrons. The molecule has 0 radical (unpaired) electrons. The Morgan fingerprint density at radius 1 is 1.22 bits per heavy atom. The lowest BCUT2D eigenvalue weighted by atomic mass is 9.78. The minimum Gasteiger partial charge on any atom is -0.385 e. The number of rotatable bonds is 8. The van der Waals surface area contributed by atoms with Crippen LogP contribution in [-0.2, 0) is 14.3 Å². The van der Waals surface area contributed by atoms with Gasteiger partial charge in [-0.05, 0) is 38.8 Å². The van der Waals surface area contributed by atoms with E-state index in [1.807, 2.05) is 0 Å². The number of methoxy groups -OCH3 is 2. The van der Waals surface area contributed by atoms with Gasteiger partial charge in [0.2, 0.25) is 5.91 Å². The van der Waals surface area contributed by atoms with E-state index < -0.39 is 0 Å². The Morgan fingerprint density at radius 2 is 1.94 bits per heavy atom. The van der Waals surface area contributed by atoms with E-state index in [4.69, 9.17) is 9.47 Å². The second kappa shape index (κ2) is 8.45. The van der Waals surface area contributed by atoms with Gasteiger partial charge in [-0.25, -0.2) is 0 Å². The largest absolute Gasteiger partial charge is 0.385 e. The van der Waals surface area contributed by atoms with Gasteiger partial charge in [0.15, 0.2) is 0 Å². The number of ether oxygens (including phenoxy) is 2. The zero-order valence-electron chi connectivity index (χ0n) is 11.6. The predicted molar refractivity (Wildman–Crippen MR) is 70.5 cm³/mol. The molecule has 1 rings (SSSR count). The molecule has 0 aromatic heterocycles. The molecule has 1 heterocycles. The molecule has 0 atom stereocenters. The van der Waals surface area contributed by atoms with Gasteiger partial charge in [-0.15, -0.1) is 0 Å². The smallest absolute Gasteiger partial charge is 0.228 e. The molecular weight excluding hydrogens is 232 g/mol. The van der Waals surface area contributed by atoms with E-state index in [-0.39, 0.29) is 11.3 Å². The third kappa shape index (κ3) is 4.55. The Balaban J connectivity index is 2.35. The molecule has 1 fully saturated rings. The van der Waals surface area contributed by atoms with Crippen LogP contribution in [0, 0.1) is 5.41 Å². The Labute approximate surface area is 110 Å². The third-order valence-corrected chi connectivity index (χ3v) is 3.52. The lowest BCUT2D eigenvalue weighted by Gasteiger charge is -2.35. The first kappa shape index (κ1) is 15.4. The van der Waals surface area contributed by atoms with Gasteiger partial charge < -0.3 is 20.1 Å². The van der Waals surface area contributed by atoms with Crippen molar-refractivity contribution in [1.82, 2.24) is 10.6 Å². The summed E-state index contributed by atoms with van der Waals surface area (Å²) in [5, 5.41) is 6.32. The lowest BCUT2D eigenvalue weighted by Crippen LogP contribution is -2.50. The maximum absolute atomic E-state index is 12.3. The number of carbonyl (C=O) groups is 1. The van der Waals surface area contributed by atoms with Crippen molar-refractivity contribution in [3.63, 3.8) is 0 Å². The maximum atomic E-state index is 12.3. The van der Waals surface area contributed by atoms with Crippen LogP contribution in [0.4, 0.5) is 0 Å². The van der Waals surface area contributed by atoms with Crippen molar-refractivity contribution in [1.29, 1.82) is 0 Å². The van der Waals surface area contributed by atoms with Gasteiger partial charge in [0.25, 0.3) is 0 Å². The highest BCUT2D eigenvalue weighted by Gasteiger charge is 2.39. The second-order valence-electron chi connectivity index (χ2n) is 4.92. The molecule has 5 heteroatoms. The number of hydrogen-bond acceptors (Lipinski definition) is 4. The summed E-state index contributed by atoms with van der Waals surface area (Å²) in [4.78, 5) is 12.3. The van der Waals surface area contributed by atoms with Crippen molar-refractivity contribution in [2.75, 3.05) is 47.1 Å². The van der Waals surface area contributed by atoms with Crippen molar-refractivity contribution in [3.8, 4) is 0 Å². The van der Waals surface area contributed by atoms with Crippen LogP contribution in [0.25, 0.3) is 0 Å². The standard InChI is InChI=1S/C13H26N2O3/c1-17-10-4-3-7-15-12(16)13(11-18-2)5-8-14-9-6-13/h14H,3-11H2,1-2H3,(H,15,16). The van der Waals surface area contributed by atoms with Gasteiger partial charge in [-0.1, -0.05) is 0 Å². The van der Waals surface area contributed by atoms with Crippen LogP contribution in [0.5, 0.6) is 0 Å². The zero-order valence-corrected chi connectivity index (χ0v) is 11.6. The van der Waals surface area contributed by atoms with Crippen molar-refractivity contribution < 1.29 is 14.3 Å². The number of amides is 1. The third-order valence-electron chi connectivity index (χ3n) is 3.52. The van der Waals surface area contributed by atoms with E-state index in [0.29, 0.717) is 6.61 Å². The van der Waals surface area contributed by atoms with Crippen molar-refractivity contribution in [2.24, 2.45) is 5.41 Å². The SMILES string of the molecule is COCCCCNC(=O)C1(COC)CCNCC1. The molecule has 1 aliphatic rings. The normalized spacial score (nSPS) is 18.6. The van der Waals surface area contributed by atoms with E-state index >= 15 is 0 Å². The van der Waals surface area contributed by atoms with E-state index in [9.17, 15) is 4.79 Å². The number of nitrogens with one attached hydrogen (secondary N) is 2. The second-order valence-corrected chi connectivity index (χ2v) is 4.92. The molecule has 0 aromatic carbocycles. The van der Waals surface area contributed by atoms with Crippen LogP contribution in [0.2, 0.25) is 0 Å². The molecular formula is C13H26N2O3. The van der Waals surface area contributed by atoms with Crippen LogP contribution in [0.15, 0.2) is 0 Å². The maximum Gasteiger partial charge on any atom is 0.228 e. The first-order valence-corrected chi connectivity index (χ1v) is 6.72. The van der Waals surface area contributed by atoms with Gasteiger partial charge in [0, 0.05) is 27.4 Å². The highest BCUT2D eigenvalue weighted by atomic mass is 16.5. The summed E-state index contributed by atoms with van der Waals surface area (Å²) >= 11 is 0. The van der Waals surface area contributed by atoms with E-state index in [2.05, 4.69) is 10.6 Å². The van der Waals surface area contributed by atoms with Gasteiger partial charge in [0.1, 0.15) is 0 Å². The van der Waals surface area contributed by atoms with Gasteiger partial charge >= 0.3 is 0 Å². The summed E-state index contributed by atoms with van der Waals surface area (Å²) in [5.41, 5.74) is -0.332. The Hall–Kier alpha value is -0.650. The summed E-state index contributed by atoms with van der Waals surface area (Å²) in [5.74, 6) is 0.142. The molecule has 18 heavy (non-hydrogen) atoms. The van der Waals surface area contributed by atoms with Crippen molar-refractivity contribution >= 4 is 5.91 Å². The van der Waals surface area contributed by atoms with Crippen LogP contribution in [-0.4, -0.2) is 53.0 Å². The molecule has 1 aliphatic heterocycles. The van der Waals surface area contributed by atoms with Crippen molar-refractivity contribution in [2.45, 2.75) is 25.7 Å². The van der Waals surface area contributed by atoms with Crippen LogP contribution in [0.1, 0.15) is 25.7 Å². The summed E-state index contributed by atoms with van der Waals surface area (Å²) in [6.07, 6.45) is 3.64. The quantitative estimate of drug-likeness (QED) is 0.624.